The van der Waals surface area contributed by atoms with Gasteiger partial charge in [-0.05, 0) is 18.9 Å². The van der Waals surface area contributed by atoms with Crippen LogP contribution >= 0.6 is 0 Å². The van der Waals surface area contributed by atoms with Crippen molar-refractivity contribution in [2.24, 2.45) is 5.41 Å². The predicted octanol–water partition coefficient (Wildman–Crippen LogP) is 0.607. The van der Waals surface area contributed by atoms with Crippen LogP contribution in [0.4, 0.5) is 0 Å². The Morgan fingerprint density at radius 3 is 2.57 bits per heavy atom. The molecule has 1 saturated carbocycles. The molecule has 2 heterocycles. The second-order valence-corrected chi connectivity index (χ2v) is 4.28. The van der Waals surface area contributed by atoms with Crippen molar-refractivity contribution in [2.75, 3.05) is 13.1 Å². The summed E-state index contributed by atoms with van der Waals surface area (Å²) in [5.74, 6) is 0. The molecule has 2 aliphatic rings. The number of nitrogens with one attached hydrogen (secondary N) is 1. The number of aromatic nitrogens is 2. The van der Waals surface area contributed by atoms with E-state index in [1.165, 1.54) is 0 Å². The van der Waals surface area contributed by atoms with Gasteiger partial charge in [0.1, 0.15) is 6.10 Å². The highest BCUT2D eigenvalue weighted by Gasteiger charge is 2.49. The third-order valence-corrected chi connectivity index (χ3v) is 3.14. The zero-order chi connectivity index (χ0) is 9.43. The molecule has 4 nitrogen and oxygen atoms in total. The first kappa shape index (κ1) is 8.17. The van der Waals surface area contributed by atoms with Gasteiger partial charge in [-0.3, -0.25) is 0 Å². The Labute approximate surface area is 82.7 Å². The minimum absolute atomic E-state index is 0.333. The van der Waals surface area contributed by atoms with Crippen molar-refractivity contribution in [1.82, 2.24) is 15.3 Å². The van der Waals surface area contributed by atoms with Gasteiger partial charge in [0.2, 0.25) is 0 Å². The lowest BCUT2D eigenvalue weighted by molar-refractivity contribution is -0.0532. The first-order valence-corrected chi connectivity index (χ1v) is 5.01. The smallest absolute Gasteiger partial charge is 0.316 e. The fraction of sp³-hybridized carbons (Fsp3) is 0.600. The molecule has 14 heavy (non-hydrogen) atoms. The molecule has 0 unspecified atom stereocenters. The summed E-state index contributed by atoms with van der Waals surface area (Å²) in [5, 5.41) is 3.30. The number of ether oxygens (including phenoxy) is 1. The lowest BCUT2D eigenvalue weighted by Gasteiger charge is -2.53. The van der Waals surface area contributed by atoms with Gasteiger partial charge in [-0.1, -0.05) is 0 Å². The Hall–Kier alpha value is -1.16. The monoisotopic (exact) mass is 191 g/mol. The summed E-state index contributed by atoms with van der Waals surface area (Å²) >= 11 is 0. The van der Waals surface area contributed by atoms with Gasteiger partial charge in [-0.15, -0.1) is 0 Å². The van der Waals surface area contributed by atoms with Crippen LogP contribution in [0.25, 0.3) is 0 Å². The first-order valence-electron chi connectivity index (χ1n) is 5.01. The van der Waals surface area contributed by atoms with Gasteiger partial charge in [0, 0.05) is 30.9 Å². The van der Waals surface area contributed by atoms with E-state index >= 15 is 0 Å². The second kappa shape index (κ2) is 2.92. The third-order valence-electron chi connectivity index (χ3n) is 3.14. The van der Waals surface area contributed by atoms with Crippen molar-refractivity contribution in [1.29, 1.82) is 0 Å². The molecule has 0 aromatic carbocycles. The second-order valence-electron chi connectivity index (χ2n) is 4.28. The molecule has 74 valence electrons. The third kappa shape index (κ3) is 1.26. The molecule has 1 aromatic rings. The van der Waals surface area contributed by atoms with Gasteiger partial charge in [-0.25, -0.2) is 9.97 Å². The number of rotatable bonds is 2. The standard InChI is InChI=1S/C10H13N3O/c1-2-12-9(13-3-1)14-8-4-10(5-8)6-11-7-10/h1-3,8,11H,4-7H2. The van der Waals surface area contributed by atoms with Crippen LogP contribution in [0, 0.1) is 5.41 Å². The summed E-state index contributed by atoms with van der Waals surface area (Å²) in [5.41, 5.74) is 0.555. The summed E-state index contributed by atoms with van der Waals surface area (Å²) in [6.07, 6.45) is 6.05. The molecule has 1 spiro atoms. The van der Waals surface area contributed by atoms with Gasteiger partial charge in [0.25, 0.3) is 0 Å². The lowest BCUT2D eigenvalue weighted by Crippen LogP contribution is -2.62. The Morgan fingerprint density at radius 1 is 1.29 bits per heavy atom. The number of hydrogen-bond acceptors (Lipinski definition) is 4. The van der Waals surface area contributed by atoms with Crippen molar-refractivity contribution in [3.8, 4) is 6.01 Å². The van der Waals surface area contributed by atoms with Crippen LogP contribution in [0.2, 0.25) is 0 Å². The molecule has 1 N–H and O–H groups in total. The van der Waals surface area contributed by atoms with Gasteiger partial charge in [-0.2, -0.15) is 0 Å². The summed E-state index contributed by atoms with van der Waals surface area (Å²) in [4.78, 5) is 8.09. The van der Waals surface area contributed by atoms with E-state index in [1.54, 1.807) is 18.5 Å². The van der Waals surface area contributed by atoms with Crippen molar-refractivity contribution in [3.63, 3.8) is 0 Å². The number of nitrogens with zero attached hydrogens (tertiary/aromatic N) is 2. The summed E-state index contributed by atoms with van der Waals surface area (Å²) in [7, 11) is 0. The minimum Gasteiger partial charge on any atom is -0.460 e. The highest BCUT2D eigenvalue weighted by Crippen LogP contribution is 2.45. The topological polar surface area (TPSA) is 47.0 Å². The molecule has 1 aromatic heterocycles. The fourth-order valence-electron chi connectivity index (χ4n) is 2.25. The molecule has 0 amide bonds. The van der Waals surface area contributed by atoms with Crippen molar-refractivity contribution >= 4 is 0 Å². The van der Waals surface area contributed by atoms with Crippen molar-refractivity contribution < 1.29 is 4.74 Å². The largest absolute Gasteiger partial charge is 0.460 e. The van der Waals surface area contributed by atoms with E-state index < -0.39 is 0 Å². The SMILES string of the molecule is c1cnc(OC2CC3(CNC3)C2)nc1. The number of hydrogen-bond donors (Lipinski definition) is 1. The molecule has 0 atom stereocenters. The lowest BCUT2D eigenvalue weighted by atomic mass is 9.63. The summed E-state index contributed by atoms with van der Waals surface area (Å²) in [6.45, 7) is 2.31. The molecular weight excluding hydrogens is 178 g/mol. The highest BCUT2D eigenvalue weighted by molar-refractivity contribution is 5.06. The molecule has 3 rings (SSSR count). The molecule has 1 saturated heterocycles. The van der Waals surface area contributed by atoms with Gasteiger partial charge >= 0.3 is 6.01 Å². The zero-order valence-electron chi connectivity index (χ0n) is 7.94. The van der Waals surface area contributed by atoms with E-state index in [2.05, 4.69) is 15.3 Å². The molecular formula is C10H13N3O. The molecule has 1 aliphatic heterocycles. The van der Waals surface area contributed by atoms with E-state index in [1.807, 2.05) is 0 Å². The average Bonchev–Trinajstić information content (AvgIpc) is 2.09. The van der Waals surface area contributed by atoms with Crippen LogP contribution in [0.15, 0.2) is 18.5 Å². The maximum absolute atomic E-state index is 5.63. The van der Waals surface area contributed by atoms with Crippen molar-refractivity contribution in [3.05, 3.63) is 18.5 Å². The predicted molar refractivity (Wildman–Crippen MR) is 51.0 cm³/mol. The Kier molecular flexibility index (Phi) is 1.70. The first-order chi connectivity index (χ1) is 6.86. The van der Waals surface area contributed by atoms with Gasteiger partial charge < -0.3 is 10.1 Å². The molecule has 0 bridgehead atoms. The molecule has 1 aliphatic carbocycles. The van der Waals surface area contributed by atoms with Crippen molar-refractivity contribution in [2.45, 2.75) is 18.9 Å². The zero-order valence-corrected chi connectivity index (χ0v) is 7.94. The van der Waals surface area contributed by atoms with Crippen LogP contribution in [0.3, 0.4) is 0 Å². The van der Waals surface area contributed by atoms with Crippen LogP contribution in [-0.2, 0) is 0 Å². The van der Waals surface area contributed by atoms with Gasteiger partial charge in [0.05, 0.1) is 0 Å². The maximum Gasteiger partial charge on any atom is 0.316 e. The highest BCUT2D eigenvalue weighted by atomic mass is 16.5. The van der Waals surface area contributed by atoms with E-state index in [9.17, 15) is 0 Å². The Morgan fingerprint density at radius 2 is 2.00 bits per heavy atom. The van der Waals surface area contributed by atoms with E-state index in [0.717, 1.165) is 25.9 Å². The minimum atomic E-state index is 0.333. The molecule has 2 fully saturated rings. The van der Waals surface area contributed by atoms with Crippen LogP contribution in [0.1, 0.15) is 12.8 Å². The molecule has 4 heteroatoms. The van der Waals surface area contributed by atoms with Gasteiger partial charge in [0.15, 0.2) is 0 Å². The fourth-order valence-corrected chi connectivity index (χ4v) is 2.25. The van der Waals surface area contributed by atoms with Crippen LogP contribution in [0.5, 0.6) is 6.01 Å². The van der Waals surface area contributed by atoms with Crippen LogP contribution in [-0.4, -0.2) is 29.2 Å². The van der Waals surface area contributed by atoms with E-state index in [-0.39, 0.29) is 0 Å². The molecule has 0 radical (unpaired) electrons. The van der Waals surface area contributed by atoms with E-state index in [4.69, 9.17) is 4.74 Å². The summed E-state index contributed by atoms with van der Waals surface area (Å²) in [6, 6.07) is 2.31. The Balaban J connectivity index is 1.56. The quantitative estimate of drug-likeness (QED) is 0.744. The average molecular weight is 191 g/mol. The Bertz CT molecular complexity index is 315. The summed E-state index contributed by atoms with van der Waals surface area (Å²) < 4.78 is 5.63. The maximum atomic E-state index is 5.63. The van der Waals surface area contributed by atoms with E-state index in [0.29, 0.717) is 17.5 Å². The normalized spacial score (nSPS) is 24.0. The van der Waals surface area contributed by atoms with Crippen LogP contribution < -0.4 is 10.1 Å².